The van der Waals surface area contributed by atoms with E-state index in [9.17, 15) is 9.59 Å². The standard InChI is InChI=1S/C15H21N3O3/c1-17(2)12-6-4-11(5-7-12)14(19)16-9-8-13-10-18(3)15(20)21-13/h4-7,13H,8-10H2,1-3H3,(H,16,19). The molecule has 0 bridgehead atoms. The normalized spacial score (nSPS) is 17.6. The summed E-state index contributed by atoms with van der Waals surface area (Å²) in [7, 11) is 5.61. The van der Waals surface area contributed by atoms with Crippen LogP contribution < -0.4 is 10.2 Å². The maximum absolute atomic E-state index is 12.0. The van der Waals surface area contributed by atoms with Crippen LogP contribution in [0.4, 0.5) is 10.5 Å². The Bertz CT molecular complexity index is 513. The van der Waals surface area contributed by atoms with Crippen molar-refractivity contribution < 1.29 is 14.3 Å². The zero-order chi connectivity index (χ0) is 15.4. The molecule has 1 aromatic carbocycles. The molecule has 1 fully saturated rings. The van der Waals surface area contributed by atoms with Crippen molar-refractivity contribution in [2.24, 2.45) is 0 Å². The van der Waals surface area contributed by atoms with Gasteiger partial charge in [0.2, 0.25) is 0 Å². The van der Waals surface area contributed by atoms with Crippen LogP contribution in [0.15, 0.2) is 24.3 Å². The second-order valence-corrected chi connectivity index (χ2v) is 5.37. The SMILES string of the molecule is CN1CC(CCNC(=O)c2ccc(N(C)C)cc2)OC1=O. The first-order valence-corrected chi connectivity index (χ1v) is 6.94. The monoisotopic (exact) mass is 291 g/mol. The third-order valence-electron chi connectivity index (χ3n) is 3.45. The molecule has 1 saturated heterocycles. The van der Waals surface area contributed by atoms with Crippen LogP contribution in [-0.2, 0) is 4.74 Å². The molecule has 6 heteroatoms. The lowest BCUT2D eigenvalue weighted by atomic mass is 10.2. The van der Waals surface area contributed by atoms with Crippen LogP contribution in [0.2, 0.25) is 0 Å². The van der Waals surface area contributed by atoms with Gasteiger partial charge in [0.05, 0.1) is 6.54 Å². The maximum atomic E-state index is 12.0. The highest BCUT2D eigenvalue weighted by atomic mass is 16.6. The highest BCUT2D eigenvalue weighted by molar-refractivity contribution is 5.94. The van der Waals surface area contributed by atoms with Crippen LogP contribution in [0.3, 0.4) is 0 Å². The Labute approximate surface area is 124 Å². The number of cyclic esters (lactones) is 1. The summed E-state index contributed by atoms with van der Waals surface area (Å²) >= 11 is 0. The molecule has 1 unspecified atom stereocenters. The molecular weight excluding hydrogens is 270 g/mol. The fraction of sp³-hybridized carbons (Fsp3) is 0.467. The van der Waals surface area contributed by atoms with Crippen molar-refractivity contribution in [2.45, 2.75) is 12.5 Å². The van der Waals surface area contributed by atoms with Gasteiger partial charge >= 0.3 is 6.09 Å². The Hall–Kier alpha value is -2.24. The third-order valence-corrected chi connectivity index (χ3v) is 3.45. The van der Waals surface area contributed by atoms with Crippen molar-refractivity contribution in [2.75, 3.05) is 39.1 Å². The fourth-order valence-corrected chi connectivity index (χ4v) is 2.16. The number of hydrogen-bond acceptors (Lipinski definition) is 4. The van der Waals surface area contributed by atoms with E-state index in [4.69, 9.17) is 4.74 Å². The van der Waals surface area contributed by atoms with E-state index in [1.807, 2.05) is 31.1 Å². The number of ether oxygens (including phenoxy) is 1. The van der Waals surface area contributed by atoms with Crippen LogP contribution in [0.1, 0.15) is 16.8 Å². The zero-order valence-electron chi connectivity index (χ0n) is 12.6. The largest absolute Gasteiger partial charge is 0.444 e. The quantitative estimate of drug-likeness (QED) is 0.889. The number of nitrogens with one attached hydrogen (secondary N) is 1. The van der Waals surface area contributed by atoms with Gasteiger partial charge in [-0.15, -0.1) is 0 Å². The van der Waals surface area contributed by atoms with Crippen molar-refractivity contribution in [3.8, 4) is 0 Å². The van der Waals surface area contributed by atoms with Crippen molar-refractivity contribution in [1.82, 2.24) is 10.2 Å². The molecule has 0 spiro atoms. The summed E-state index contributed by atoms with van der Waals surface area (Å²) in [5.74, 6) is -0.113. The molecule has 0 aliphatic carbocycles. The molecule has 1 heterocycles. The highest BCUT2D eigenvalue weighted by Crippen LogP contribution is 2.13. The van der Waals surface area contributed by atoms with Crippen LogP contribution in [0, 0.1) is 0 Å². The second-order valence-electron chi connectivity index (χ2n) is 5.37. The van der Waals surface area contributed by atoms with Gasteiger partial charge in [0.25, 0.3) is 5.91 Å². The molecule has 1 atom stereocenters. The van der Waals surface area contributed by atoms with Gasteiger partial charge in [-0.1, -0.05) is 0 Å². The number of likely N-dealkylation sites (N-methyl/N-ethyl adjacent to an activating group) is 1. The Morgan fingerprint density at radius 2 is 2.05 bits per heavy atom. The van der Waals surface area contributed by atoms with Crippen molar-refractivity contribution in [3.63, 3.8) is 0 Å². The number of nitrogens with zero attached hydrogens (tertiary/aromatic N) is 2. The summed E-state index contributed by atoms with van der Waals surface area (Å²) in [5.41, 5.74) is 1.67. The molecule has 1 aliphatic rings. The summed E-state index contributed by atoms with van der Waals surface area (Å²) in [6.45, 7) is 1.06. The maximum Gasteiger partial charge on any atom is 0.409 e. The van der Waals surface area contributed by atoms with E-state index < -0.39 is 0 Å². The molecule has 1 aromatic rings. The van der Waals surface area contributed by atoms with Crippen LogP contribution in [-0.4, -0.2) is 57.2 Å². The molecule has 0 saturated carbocycles. The molecule has 0 aromatic heterocycles. The van der Waals surface area contributed by atoms with Gasteiger partial charge in [0.15, 0.2) is 0 Å². The molecular formula is C15H21N3O3. The number of anilines is 1. The smallest absolute Gasteiger partial charge is 0.409 e. The van der Waals surface area contributed by atoms with Gasteiger partial charge in [0, 0.05) is 45.4 Å². The first kappa shape index (κ1) is 15.2. The Balaban J connectivity index is 1.78. The highest BCUT2D eigenvalue weighted by Gasteiger charge is 2.27. The van der Waals surface area contributed by atoms with Crippen LogP contribution >= 0.6 is 0 Å². The van der Waals surface area contributed by atoms with E-state index in [0.717, 1.165) is 5.69 Å². The summed E-state index contributed by atoms with van der Waals surface area (Å²) in [6.07, 6.45) is 0.182. The predicted octanol–water partition coefficient (Wildman–Crippen LogP) is 1.32. The molecule has 1 N–H and O–H groups in total. The number of benzene rings is 1. The van der Waals surface area contributed by atoms with E-state index in [1.54, 1.807) is 19.2 Å². The second kappa shape index (κ2) is 6.47. The number of rotatable bonds is 5. The average Bonchev–Trinajstić information content (AvgIpc) is 2.77. The third kappa shape index (κ3) is 3.87. The van der Waals surface area contributed by atoms with E-state index in [-0.39, 0.29) is 18.1 Å². The lowest BCUT2D eigenvalue weighted by Gasteiger charge is -2.13. The Morgan fingerprint density at radius 1 is 1.38 bits per heavy atom. The van der Waals surface area contributed by atoms with E-state index in [0.29, 0.717) is 25.1 Å². The molecule has 2 amide bonds. The molecule has 21 heavy (non-hydrogen) atoms. The predicted molar refractivity (Wildman–Crippen MR) is 80.6 cm³/mol. The first-order chi connectivity index (χ1) is 9.97. The molecule has 1 aliphatic heterocycles. The van der Waals surface area contributed by atoms with Crippen LogP contribution in [0.5, 0.6) is 0 Å². The lowest BCUT2D eigenvalue weighted by Crippen LogP contribution is -2.28. The minimum absolute atomic E-state index is 0.113. The molecule has 0 radical (unpaired) electrons. The van der Waals surface area contributed by atoms with Gasteiger partial charge < -0.3 is 19.9 Å². The summed E-state index contributed by atoms with van der Waals surface area (Å²) in [4.78, 5) is 26.7. The van der Waals surface area contributed by atoms with Gasteiger partial charge in [-0.25, -0.2) is 4.79 Å². The van der Waals surface area contributed by atoms with Crippen molar-refractivity contribution >= 4 is 17.7 Å². The van der Waals surface area contributed by atoms with Crippen molar-refractivity contribution in [1.29, 1.82) is 0 Å². The van der Waals surface area contributed by atoms with Crippen molar-refractivity contribution in [3.05, 3.63) is 29.8 Å². The van der Waals surface area contributed by atoms with E-state index in [1.165, 1.54) is 4.90 Å². The number of amides is 2. The first-order valence-electron chi connectivity index (χ1n) is 6.94. The van der Waals surface area contributed by atoms with Gasteiger partial charge in [0.1, 0.15) is 6.10 Å². The van der Waals surface area contributed by atoms with Gasteiger partial charge in [-0.2, -0.15) is 0 Å². The summed E-state index contributed by atoms with van der Waals surface area (Å²) in [6, 6.07) is 7.41. The minimum atomic E-state index is -0.300. The van der Waals surface area contributed by atoms with Gasteiger partial charge in [-0.3, -0.25) is 4.79 Å². The topological polar surface area (TPSA) is 61.9 Å². The molecule has 114 valence electrons. The fourth-order valence-electron chi connectivity index (χ4n) is 2.16. The summed E-state index contributed by atoms with van der Waals surface area (Å²) < 4.78 is 5.13. The van der Waals surface area contributed by atoms with Gasteiger partial charge in [-0.05, 0) is 24.3 Å². The summed E-state index contributed by atoms with van der Waals surface area (Å²) in [5, 5.41) is 2.84. The number of carbonyl (C=O) groups is 2. The molecule has 6 nitrogen and oxygen atoms in total. The number of hydrogen-bond donors (Lipinski definition) is 1. The minimum Gasteiger partial charge on any atom is -0.444 e. The Kier molecular flexibility index (Phi) is 4.67. The average molecular weight is 291 g/mol. The molecule has 2 rings (SSSR count). The van der Waals surface area contributed by atoms with E-state index >= 15 is 0 Å². The number of carbonyl (C=O) groups excluding carboxylic acids is 2. The lowest BCUT2D eigenvalue weighted by molar-refractivity contribution is 0.0944. The zero-order valence-corrected chi connectivity index (χ0v) is 12.6. The van der Waals surface area contributed by atoms with Crippen LogP contribution in [0.25, 0.3) is 0 Å². The Morgan fingerprint density at radius 3 is 2.57 bits per heavy atom. The van der Waals surface area contributed by atoms with E-state index in [2.05, 4.69) is 5.32 Å².